The monoisotopic (exact) mass is 226 g/mol. The second kappa shape index (κ2) is 4.31. The first-order valence-corrected chi connectivity index (χ1v) is 6.27. The molecule has 0 fully saturated rings. The molecule has 0 aliphatic heterocycles. The Hall–Kier alpha value is -0.660. The topological polar surface area (TPSA) is 0 Å². The molecule has 0 radical (unpaired) electrons. The number of hydrogen-bond donors (Lipinski definition) is 0. The number of rotatable bonds is 5. The predicted octanol–water partition coefficient (Wildman–Crippen LogP) is 4.87. The lowest BCUT2D eigenvalue weighted by molar-refractivity contribution is 0.0132. The van der Waals surface area contributed by atoms with Crippen molar-refractivity contribution in [2.24, 2.45) is 5.92 Å². The van der Waals surface area contributed by atoms with Crippen molar-refractivity contribution in [3.8, 4) is 0 Å². The van der Waals surface area contributed by atoms with Crippen LogP contribution in [0.3, 0.4) is 0 Å². The van der Waals surface area contributed by atoms with Crippen LogP contribution >= 0.6 is 0 Å². The molecule has 0 amide bonds. The van der Waals surface area contributed by atoms with Gasteiger partial charge in [0.15, 0.2) is 0 Å². The summed E-state index contributed by atoms with van der Waals surface area (Å²) >= 11 is 0. The molecular weight excluding hydrogens is 206 g/mol. The predicted molar refractivity (Wildman–Crippen MR) is 62.6 cm³/mol. The second-order valence-electron chi connectivity index (χ2n) is 5.30. The van der Waals surface area contributed by atoms with Crippen molar-refractivity contribution in [3.05, 3.63) is 23.3 Å². The minimum absolute atomic E-state index is 0.0219. The summed E-state index contributed by atoms with van der Waals surface area (Å²) < 4.78 is 26.3. The number of halogens is 2. The molecule has 0 heterocycles. The highest BCUT2D eigenvalue weighted by molar-refractivity contribution is 5.36. The molecule has 0 saturated heterocycles. The summed E-state index contributed by atoms with van der Waals surface area (Å²) in [7, 11) is 0. The van der Waals surface area contributed by atoms with Crippen LogP contribution in [0, 0.1) is 5.92 Å². The third kappa shape index (κ3) is 2.36. The zero-order valence-corrected chi connectivity index (χ0v) is 9.99. The number of unbranched alkanes of at least 4 members (excludes halogenated alkanes) is 1. The molecule has 90 valence electrons. The van der Waals surface area contributed by atoms with Crippen LogP contribution in [0.4, 0.5) is 8.78 Å². The van der Waals surface area contributed by atoms with E-state index in [9.17, 15) is 8.78 Å². The highest BCUT2D eigenvalue weighted by atomic mass is 19.3. The Kier molecular flexibility index (Phi) is 3.18. The molecule has 2 aliphatic carbocycles. The normalized spacial score (nSPS) is 26.6. The van der Waals surface area contributed by atoms with Gasteiger partial charge in [0.1, 0.15) is 0 Å². The van der Waals surface area contributed by atoms with E-state index < -0.39 is 5.92 Å². The van der Waals surface area contributed by atoms with Crippen molar-refractivity contribution in [1.29, 1.82) is 0 Å². The lowest BCUT2D eigenvalue weighted by Gasteiger charge is -2.29. The first-order chi connectivity index (χ1) is 7.52. The van der Waals surface area contributed by atoms with Crippen LogP contribution in [0.25, 0.3) is 0 Å². The first-order valence-electron chi connectivity index (χ1n) is 6.27. The van der Waals surface area contributed by atoms with Crippen LogP contribution in [-0.4, -0.2) is 5.92 Å². The zero-order chi connectivity index (χ0) is 11.8. The third-order valence-electron chi connectivity index (χ3n) is 3.78. The molecular formula is C14H20F2. The minimum atomic E-state index is -2.44. The van der Waals surface area contributed by atoms with Gasteiger partial charge < -0.3 is 0 Å². The number of allylic oxidation sites excluding steroid dienone is 3. The Bertz CT molecular complexity index is 326. The fourth-order valence-electron chi connectivity index (χ4n) is 2.89. The standard InChI is InChI=1S/C14H20F2/c1-3-4-5-10(2)6-11-7-12-8-14(15,16)9-13(11)12/h11H,2-9H2,1H3. The van der Waals surface area contributed by atoms with Crippen LogP contribution in [0.1, 0.15) is 51.9 Å². The zero-order valence-electron chi connectivity index (χ0n) is 9.99. The fourth-order valence-corrected chi connectivity index (χ4v) is 2.89. The van der Waals surface area contributed by atoms with E-state index in [1.165, 1.54) is 18.4 Å². The van der Waals surface area contributed by atoms with Gasteiger partial charge in [0.2, 0.25) is 0 Å². The van der Waals surface area contributed by atoms with E-state index in [1.807, 2.05) is 0 Å². The van der Waals surface area contributed by atoms with Gasteiger partial charge in [-0.15, -0.1) is 0 Å². The minimum Gasteiger partial charge on any atom is -0.206 e. The molecule has 1 unspecified atom stereocenters. The molecule has 0 aromatic rings. The Labute approximate surface area is 96.4 Å². The van der Waals surface area contributed by atoms with Crippen molar-refractivity contribution in [1.82, 2.24) is 0 Å². The molecule has 0 aromatic heterocycles. The Morgan fingerprint density at radius 1 is 1.44 bits per heavy atom. The molecule has 0 spiro atoms. The fraction of sp³-hybridized carbons (Fsp3) is 0.714. The molecule has 0 saturated carbocycles. The molecule has 1 atom stereocenters. The summed E-state index contributed by atoms with van der Waals surface area (Å²) in [4.78, 5) is 0. The molecule has 0 bridgehead atoms. The largest absolute Gasteiger partial charge is 0.255 e. The smallest absolute Gasteiger partial charge is 0.206 e. The lowest BCUT2D eigenvalue weighted by Crippen LogP contribution is -2.15. The van der Waals surface area contributed by atoms with E-state index in [0.717, 1.165) is 30.4 Å². The van der Waals surface area contributed by atoms with Crippen LogP contribution in [0.2, 0.25) is 0 Å². The Morgan fingerprint density at radius 3 is 2.81 bits per heavy atom. The van der Waals surface area contributed by atoms with E-state index in [1.54, 1.807) is 0 Å². The first kappa shape index (κ1) is 11.8. The summed E-state index contributed by atoms with van der Waals surface area (Å²) in [5, 5.41) is 0. The van der Waals surface area contributed by atoms with Crippen LogP contribution in [-0.2, 0) is 0 Å². The molecule has 2 aliphatic rings. The SMILES string of the molecule is C=C(CCCC)CC1CC2=C1CC(F)(F)C2. The summed E-state index contributed by atoms with van der Waals surface area (Å²) in [6.07, 6.45) is 5.30. The molecule has 0 N–H and O–H groups in total. The van der Waals surface area contributed by atoms with Gasteiger partial charge in [0.05, 0.1) is 0 Å². The van der Waals surface area contributed by atoms with E-state index in [0.29, 0.717) is 5.92 Å². The molecule has 0 nitrogen and oxygen atoms in total. The summed E-state index contributed by atoms with van der Waals surface area (Å²) in [5.41, 5.74) is 3.34. The highest BCUT2D eigenvalue weighted by Gasteiger charge is 2.46. The molecule has 2 heteroatoms. The Morgan fingerprint density at radius 2 is 2.19 bits per heavy atom. The van der Waals surface area contributed by atoms with Crippen LogP contribution < -0.4 is 0 Å². The Balaban J connectivity index is 1.81. The maximum Gasteiger partial charge on any atom is 0.255 e. The van der Waals surface area contributed by atoms with Gasteiger partial charge in [-0.2, -0.15) is 0 Å². The van der Waals surface area contributed by atoms with E-state index >= 15 is 0 Å². The van der Waals surface area contributed by atoms with Gasteiger partial charge in [-0.25, -0.2) is 8.78 Å². The maximum absolute atomic E-state index is 13.1. The van der Waals surface area contributed by atoms with Crippen molar-refractivity contribution in [2.45, 2.75) is 57.8 Å². The van der Waals surface area contributed by atoms with Gasteiger partial charge in [0.25, 0.3) is 5.92 Å². The average molecular weight is 226 g/mol. The number of alkyl halides is 2. The molecule has 0 aromatic carbocycles. The highest BCUT2D eigenvalue weighted by Crippen LogP contribution is 2.53. The van der Waals surface area contributed by atoms with E-state index in [4.69, 9.17) is 0 Å². The molecule has 16 heavy (non-hydrogen) atoms. The van der Waals surface area contributed by atoms with Crippen molar-refractivity contribution < 1.29 is 8.78 Å². The van der Waals surface area contributed by atoms with Gasteiger partial charge in [-0.1, -0.05) is 36.6 Å². The van der Waals surface area contributed by atoms with Crippen LogP contribution in [0.5, 0.6) is 0 Å². The third-order valence-corrected chi connectivity index (χ3v) is 3.78. The summed E-state index contributed by atoms with van der Waals surface area (Å²) in [6.45, 7) is 6.22. The van der Waals surface area contributed by atoms with Gasteiger partial charge in [-0.3, -0.25) is 0 Å². The van der Waals surface area contributed by atoms with Crippen LogP contribution in [0.15, 0.2) is 23.3 Å². The quantitative estimate of drug-likeness (QED) is 0.587. The maximum atomic E-state index is 13.1. The average Bonchev–Trinajstić information content (AvgIpc) is 2.44. The van der Waals surface area contributed by atoms with Crippen molar-refractivity contribution >= 4 is 0 Å². The second-order valence-corrected chi connectivity index (χ2v) is 5.30. The van der Waals surface area contributed by atoms with Gasteiger partial charge in [-0.05, 0) is 31.6 Å². The molecule has 2 rings (SSSR count). The van der Waals surface area contributed by atoms with Gasteiger partial charge >= 0.3 is 0 Å². The van der Waals surface area contributed by atoms with E-state index in [2.05, 4.69) is 13.5 Å². The van der Waals surface area contributed by atoms with E-state index in [-0.39, 0.29) is 12.8 Å². The number of hydrogen-bond acceptors (Lipinski definition) is 0. The summed E-state index contributed by atoms with van der Waals surface area (Å²) in [6, 6.07) is 0. The lowest BCUT2D eigenvalue weighted by atomic mass is 9.75. The summed E-state index contributed by atoms with van der Waals surface area (Å²) in [5.74, 6) is -2.04. The van der Waals surface area contributed by atoms with Crippen molar-refractivity contribution in [2.75, 3.05) is 0 Å². The van der Waals surface area contributed by atoms with Crippen molar-refractivity contribution in [3.63, 3.8) is 0 Å². The van der Waals surface area contributed by atoms with Gasteiger partial charge in [0, 0.05) is 12.8 Å².